The number of carbonyl (C=O) groups is 1. The molecule has 182 valence electrons. The number of hydrogen-bond donors (Lipinski definition) is 2. The molecule has 0 bridgehead atoms. The summed E-state index contributed by atoms with van der Waals surface area (Å²) in [6.07, 6.45) is 14.2. The maximum absolute atomic E-state index is 13.1. The smallest absolute Gasteiger partial charge is 0.179 e. The Kier molecular flexibility index (Phi) is 13.0. The normalized spacial score (nSPS) is 18.5. The molecule has 0 spiro atoms. The van der Waals surface area contributed by atoms with E-state index in [-0.39, 0.29) is 11.8 Å². The summed E-state index contributed by atoms with van der Waals surface area (Å²) in [7, 11) is 0. The lowest BCUT2D eigenvalue weighted by Gasteiger charge is -2.36. The van der Waals surface area contributed by atoms with Gasteiger partial charge in [0.1, 0.15) is 0 Å². The molecule has 3 atom stereocenters. The van der Waals surface area contributed by atoms with E-state index in [1.54, 1.807) is 0 Å². The minimum atomic E-state index is -0.0903. The van der Waals surface area contributed by atoms with Crippen molar-refractivity contribution in [3.63, 3.8) is 0 Å². The molecule has 2 rings (SSSR count). The van der Waals surface area contributed by atoms with Gasteiger partial charge < -0.3 is 15.5 Å². The monoisotopic (exact) mass is 443 g/mol. The van der Waals surface area contributed by atoms with E-state index in [4.69, 9.17) is 0 Å². The maximum Gasteiger partial charge on any atom is 0.179 e. The van der Waals surface area contributed by atoms with E-state index < -0.39 is 0 Å². The molecule has 0 aliphatic carbocycles. The molecule has 3 unspecified atom stereocenters. The van der Waals surface area contributed by atoms with Crippen molar-refractivity contribution in [1.29, 1.82) is 0 Å². The van der Waals surface area contributed by atoms with Crippen LogP contribution in [0.5, 0.6) is 0 Å². The molecule has 4 heteroatoms. The van der Waals surface area contributed by atoms with Crippen LogP contribution >= 0.6 is 0 Å². The van der Waals surface area contributed by atoms with E-state index in [2.05, 4.69) is 55.4 Å². The Morgan fingerprint density at radius 1 is 1.03 bits per heavy atom. The van der Waals surface area contributed by atoms with Crippen LogP contribution in [0, 0.1) is 0 Å². The average molecular weight is 444 g/mol. The van der Waals surface area contributed by atoms with Gasteiger partial charge in [0.25, 0.3) is 0 Å². The second-order valence-corrected chi connectivity index (χ2v) is 9.80. The Hall–Kier alpha value is -1.39. The number of ketones is 1. The zero-order valence-corrected chi connectivity index (χ0v) is 21.3. The number of carbonyl (C=O) groups excluding carboxylic acids is 1. The van der Waals surface area contributed by atoms with Crippen molar-refractivity contribution in [2.24, 2.45) is 0 Å². The average Bonchev–Trinajstić information content (AvgIpc) is 2.81. The Morgan fingerprint density at radius 2 is 1.66 bits per heavy atom. The highest BCUT2D eigenvalue weighted by Gasteiger charge is 2.22. The van der Waals surface area contributed by atoms with Crippen LogP contribution in [0.3, 0.4) is 0 Å². The first kappa shape index (κ1) is 26.9. The molecule has 0 radical (unpaired) electrons. The summed E-state index contributed by atoms with van der Waals surface area (Å²) in [5, 5.41) is 7.04. The van der Waals surface area contributed by atoms with Gasteiger partial charge in [-0.15, -0.1) is 0 Å². The summed E-state index contributed by atoms with van der Waals surface area (Å²) in [5.74, 6) is 0.228. The van der Waals surface area contributed by atoms with Gasteiger partial charge in [-0.25, -0.2) is 0 Å². The molecule has 1 heterocycles. The summed E-state index contributed by atoms with van der Waals surface area (Å²) in [5.41, 5.74) is 2.04. The van der Waals surface area contributed by atoms with Crippen LogP contribution in [0.15, 0.2) is 24.3 Å². The van der Waals surface area contributed by atoms with Crippen LogP contribution in [0.4, 0.5) is 5.69 Å². The van der Waals surface area contributed by atoms with E-state index in [1.807, 2.05) is 12.1 Å². The predicted octanol–water partition coefficient (Wildman–Crippen LogP) is 6.35. The van der Waals surface area contributed by atoms with Crippen LogP contribution in [0.1, 0.15) is 109 Å². The number of piperazine rings is 1. The highest BCUT2D eigenvalue weighted by Crippen LogP contribution is 2.20. The van der Waals surface area contributed by atoms with E-state index >= 15 is 0 Å². The molecule has 1 aromatic rings. The van der Waals surface area contributed by atoms with Crippen molar-refractivity contribution in [2.75, 3.05) is 24.5 Å². The number of rotatable bonds is 16. The van der Waals surface area contributed by atoms with Gasteiger partial charge in [0.05, 0.1) is 6.04 Å². The summed E-state index contributed by atoms with van der Waals surface area (Å²) < 4.78 is 0. The molecule has 1 saturated heterocycles. The van der Waals surface area contributed by atoms with E-state index in [1.165, 1.54) is 63.5 Å². The zero-order valence-electron chi connectivity index (χ0n) is 21.3. The fraction of sp³-hybridized carbons (Fsp3) is 0.750. The standard InChI is InChI=1S/C28H49N3O/c1-5-7-8-9-10-11-12-13-14-15-23(3)30-27(6-2)28(32)25-16-18-26(19-17-25)31-21-20-29-22-24(31)4/h16-19,23-24,27,29-30H,5-15,20-22H2,1-4H3. The highest BCUT2D eigenvalue weighted by atomic mass is 16.1. The molecule has 32 heavy (non-hydrogen) atoms. The summed E-state index contributed by atoms with van der Waals surface area (Å²) in [6, 6.07) is 9.05. The molecule has 0 amide bonds. The zero-order chi connectivity index (χ0) is 23.2. The van der Waals surface area contributed by atoms with Gasteiger partial charge in [-0.2, -0.15) is 0 Å². The molecular formula is C28H49N3O. The minimum absolute atomic E-state index is 0.0903. The van der Waals surface area contributed by atoms with E-state index in [0.717, 1.165) is 38.0 Å². The maximum atomic E-state index is 13.1. The molecule has 0 aromatic heterocycles. The minimum Gasteiger partial charge on any atom is -0.366 e. The number of unbranched alkanes of at least 4 members (excludes halogenated alkanes) is 8. The van der Waals surface area contributed by atoms with Crippen LogP contribution in [0.2, 0.25) is 0 Å². The molecule has 0 saturated carbocycles. The van der Waals surface area contributed by atoms with Gasteiger partial charge in [-0.05, 0) is 51.0 Å². The van der Waals surface area contributed by atoms with Crippen LogP contribution in [-0.4, -0.2) is 43.5 Å². The Morgan fingerprint density at radius 3 is 2.25 bits per heavy atom. The largest absolute Gasteiger partial charge is 0.366 e. The third-order valence-corrected chi connectivity index (χ3v) is 6.94. The molecule has 1 aliphatic rings. The van der Waals surface area contributed by atoms with Gasteiger partial charge in [-0.3, -0.25) is 4.79 Å². The van der Waals surface area contributed by atoms with Crippen molar-refractivity contribution in [3.8, 4) is 0 Å². The molecule has 1 aliphatic heterocycles. The number of Topliss-reactive ketones (excluding diaryl/α,β-unsaturated/α-hetero) is 1. The Labute approximate surface area is 197 Å². The number of anilines is 1. The van der Waals surface area contributed by atoms with Crippen molar-refractivity contribution in [1.82, 2.24) is 10.6 Å². The van der Waals surface area contributed by atoms with E-state index in [0.29, 0.717) is 12.1 Å². The predicted molar refractivity (Wildman–Crippen MR) is 139 cm³/mol. The SMILES string of the molecule is CCCCCCCCCCCC(C)NC(CC)C(=O)c1ccc(N2CCNCC2C)cc1. The first-order valence-electron chi connectivity index (χ1n) is 13.4. The van der Waals surface area contributed by atoms with Crippen LogP contribution < -0.4 is 15.5 Å². The van der Waals surface area contributed by atoms with E-state index in [9.17, 15) is 4.79 Å². The first-order chi connectivity index (χ1) is 15.6. The fourth-order valence-electron chi connectivity index (χ4n) is 4.81. The van der Waals surface area contributed by atoms with Gasteiger partial charge in [-0.1, -0.05) is 71.6 Å². The topological polar surface area (TPSA) is 44.4 Å². The van der Waals surface area contributed by atoms with Crippen LogP contribution in [-0.2, 0) is 0 Å². The van der Waals surface area contributed by atoms with Gasteiger partial charge in [0.15, 0.2) is 5.78 Å². The summed E-state index contributed by atoms with van der Waals surface area (Å²) >= 11 is 0. The highest BCUT2D eigenvalue weighted by molar-refractivity contribution is 6.00. The first-order valence-corrected chi connectivity index (χ1v) is 13.4. The lowest BCUT2D eigenvalue weighted by molar-refractivity contribution is 0.0933. The second kappa shape index (κ2) is 15.4. The Balaban J connectivity index is 1.71. The molecule has 4 nitrogen and oxygen atoms in total. The van der Waals surface area contributed by atoms with Crippen molar-refractivity contribution < 1.29 is 4.79 Å². The van der Waals surface area contributed by atoms with Gasteiger partial charge >= 0.3 is 0 Å². The molecule has 1 fully saturated rings. The lowest BCUT2D eigenvalue weighted by Crippen LogP contribution is -2.49. The number of hydrogen-bond acceptors (Lipinski definition) is 4. The second-order valence-electron chi connectivity index (χ2n) is 9.80. The number of benzene rings is 1. The molecular weight excluding hydrogens is 394 g/mol. The number of nitrogens with one attached hydrogen (secondary N) is 2. The molecule has 1 aromatic carbocycles. The summed E-state index contributed by atoms with van der Waals surface area (Å²) in [6.45, 7) is 11.9. The van der Waals surface area contributed by atoms with Crippen molar-refractivity contribution in [2.45, 2.75) is 116 Å². The third-order valence-electron chi connectivity index (χ3n) is 6.94. The lowest BCUT2D eigenvalue weighted by atomic mass is 9.99. The summed E-state index contributed by atoms with van der Waals surface area (Å²) in [4.78, 5) is 15.5. The van der Waals surface area contributed by atoms with Crippen molar-refractivity contribution in [3.05, 3.63) is 29.8 Å². The van der Waals surface area contributed by atoms with Crippen LogP contribution in [0.25, 0.3) is 0 Å². The third kappa shape index (κ3) is 9.23. The number of nitrogens with zero attached hydrogens (tertiary/aromatic N) is 1. The van der Waals surface area contributed by atoms with Gasteiger partial charge in [0, 0.05) is 43.0 Å². The Bertz CT molecular complexity index is 630. The van der Waals surface area contributed by atoms with Gasteiger partial charge in [0.2, 0.25) is 0 Å². The quantitative estimate of drug-likeness (QED) is 0.231. The molecule has 2 N–H and O–H groups in total. The fourth-order valence-corrected chi connectivity index (χ4v) is 4.81. The van der Waals surface area contributed by atoms with Crippen molar-refractivity contribution >= 4 is 11.5 Å².